The largest absolute Gasteiger partial charge is 0.314 e. The summed E-state index contributed by atoms with van der Waals surface area (Å²) in [6, 6.07) is 2.06. The number of hydrogen-bond acceptors (Lipinski definition) is 4. The SMILES string of the molecule is CNCc1cc(C)nc(CSC2CCCCC2)n1. The molecule has 18 heavy (non-hydrogen) atoms. The first kappa shape index (κ1) is 13.8. The molecule has 0 spiro atoms. The zero-order chi connectivity index (χ0) is 12.8. The number of nitrogens with one attached hydrogen (secondary N) is 1. The fraction of sp³-hybridized carbons (Fsp3) is 0.714. The fourth-order valence-electron chi connectivity index (χ4n) is 2.46. The number of thioether (sulfide) groups is 1. The third-order valence-corrected chi connectivity index (χ3v) is 4.68. The van der Waals surface area contributed by atoms with E-state index < -0.39 is 0 Å². The molecule has 3 nitrogen and oxygen atoms in total. The van der Waals surface area contributed by atoms with Gasteiger partial charge >= 0.3 is 0 Å². The molecule has 100 valence electrons. The molecule has 0 aromatic carbocycles. The van der Waals surface area contributed by atoms with E-state index in [9.17, 15) is 0 Å². The van der Waals surface area contributed by atoms with E-state index in [0.717, 1.165) is 34.8 Å². The number of hydrogen-bond donors (Lipinski definition) is 1. The molecular weight excluding hydrogens is 242 g/mol. The van der Waals surface area contributed by atoms with Crippen molar-refractivity contribution in [2.24, 2.45) is 0 Å². The second-order valence-corrected chi connectivity index (χ2v) is 6.31. The van der Waals surface area contributed by atoms with Crippen molar-refractivity contribution >= 4 is 11.8 Å². The number of nitrogens with zero attached hydrogens (tertiary/aromatic N) is 2. The molecule has 0 amide bonds. The Labute approximate surface area is 114 Å². The summed E-state index contributed by atoms with van der Waals surface area (Å²) >= 11 is 2.04. The quantitative estimate of drug-likeness (QED) is 0.888. The van der Waals surface area contributed by atoms with Crippen LogP contribution in [-0.4, -0.2) is 22.3 Å². The van der Waals surface area contributed by atoms with Crippen LogP contribution in [0, 0.1) is 6.92 Å². The van der Waals surface area contributed by atoms with Gasteiger partial charge in [0.1, 0.15) is 5.82 Å². The minimum absolute atomic E-state index is 0.824. The minimum Gasteiger partial charge on any atom is -0.314 e. The van der Waals surface area contributed by atoms with Crippen molar-refractivity contribution < 1.29 is 0 Å². The molecule has 0 radical (unpaired) electrons. The Morgan fingerprint density at radius 2 is 2.06 bits per heavy atom. The van der Waals surface area contributed by atoms with Crippen LogP contribution in [0.5, 0.6) is 0 Å². The second kappa shape index (κ2) is 7.10. The Hall–Kier alpha value is -0.610. The molecule has 0 bridgehead atoms. The lowest BCUT2D eigenvalue weighted by atomic mass is 10.0. The van der Waals surface area contributed by atoms with E-state index in [4.69, 9.17) is 0 Å². The van der Waals surface area contributed by atoms with Gasteiger partial charge in [0.2, 0.25) is 0 Å². The van der Waals surface area contributed by atoms with Crippen molar-refractivity contribution in [1.82, 2.24) is 15.3 Å². The molecule has 0 aliphatic heterocycles. The Balaban J connectivity index is 1.91. The topological polar surface area (TPSA) is 37.8 Å². The van der Waals surface area contributed by atoms with Crippen molar-refractivity contribution in [3.05, 3.63) is 23.3 Å². The third kappa shape index (κ3) is 4.25. The lowest BCUT2D eigenvalue weighted by Gasteiger charge is -2.20. The summed E-state index contributed by atoms with van der Waals surface area (Å²) in [5, 5.41) is 3.98. The van der Waals surface area contributed by atoms with E-state index in [1.165, 1.54) is 32.1 Å². The van der Waals surface area contributed by atoms with Gasteiger partial charge in [-0.2, -0.15) is 11.8 Å². The average Bonchev–Trinajstić information content (AvgIpc) is 2.37. The van der Waals surface area contributed by atoms with Crippen LogP contribution < -0.4 is 5.32 Å². The molecule has 1 aromatic rings. The Kier molecular flexibility index (Phi) is 5.45. The lowest BCUT2D eigenvalue weighted by Crippen LogP contribution is -2.11. The van der Waals surface area contributed by atoms with E-state index in [-0.39, 0.29) is 0 Å². The summed E-state index contributed by atoms with van der Waals surface area (Å²) in [5.74, 6) is 1.96. The number of aromatic nitrogens is 2. The van der Waals surface area contributed by atoms with Crippen LogP contribution in [0.3, 0.4) is 0 Å². The first-order valence-corrected chi connectivity index (χ1v) is 7.92. The Morgan fingerprint density at radius 1 is 1.28 bits per heavy atom. The van der Waals surface area contributed by atoms with E-state index in [2.05, 4.69) is 28.3 Å². The highest BCUT2D eigenvalue weighted by atomic mass is 32.2. The van der Waals surface area contributed by atoms with Gasteiger partial charge in [0, 0.05) is 17.5 Å². The van der Waals surface area contributed by atoms with Crippen molar-refractivity contribution in [3.63, 3.8) is 0 Å². The molecule has 1 aromatic heterocycles. The van der Waals surface area contributed by atoms with Gasteiger partial charge in [-0.15, -0.1) is 0 Å². The molecule has 0 atom stereocenters. The van der Waals surface area contributed by atoms with E-state index >= 15 is 0 Å². The van der Waals surface area contributed by atoms with Gasteiger partial charge in [0.15, 0.2) is 0 Å². The van der Waals surface area contributed by atoms with E-state index in [0.29, 0.717) is 0 Å². The van der Waals surface area contributed by atoms with Crippen LogP contribution in [0.2, 0.25) is 0 Å². The molecule has 1 aliphatic carbocycles. The summed E-state index contributed by atoms with van der Waals surface area (Å²) in [5.41, 5.74) is 2.18. The van der Waals surface area contributed by atoms with Gasteiger partial charge in [-0.05, 0) is 32.9 Å². The third-order valence-electron chi connectivity index (χ3n) is 3.31. The fourth-order valence-corrected chi connectivity index (χ4v) is 3.64. The highest BCUT2D eigenvalue weighted by Crippen LogP contribution is 2.29. The second-order valence-electron chi connectivity index (χ2n) is 5.02. The zero-order valence-electron chi connectivity index (χ0n) is 11.4. The number of aryl methyl sites for hydroxylation is 1. The Morgan fingerprint density at radius 3 is 2.78 bits per heavy atom. The average molecular weight is 265 g/mol. The number of rotatable bonds is 5. The molecule has 2 rings (SSSR count). The molecule has 1 N–H and O–H groups in total. The van der Waals surface area contributed by atoms with Crippen molar-refractivity contribution in [1.29, 1.82) is 0 Å². The van der Waals surface area contributed by atoms with Gasteiger partial charge in [-0.3, -0.25) is 0 Å². The molecule has 0 unspecified atom stereocenters. The minimum atomic E-state index is 0.824. The van der Waals surface area contributed by atoms with E-state index in [1.54, 1.807) is 0 Å². The smallest absolute Gasteiger partial charge is 0.138 e. The maximum atomic E-state index is 4.61. The zero-order valence-corrected chi connectivity index (χ0v) is 12.2. The monoisotopic (exact) mass is 265 g/mol. The molecule has 1 saturated carbocycles. The summed E-state index contributed by atoms with van der Waals surface area (Å²) in [7, 11) is 1.95. The summed E-state index contributed by atoms with van der Waals surface area (Å²) < 4.78 is 0. The molecule has 0 saturated heterocycles. The van der Waals surface area contributed by atoms with Gasteiger partial charge in [0.05, 0.1) is 11.4 Å². The maximum absolute atomic E-state index is 4.61. The lowest BCUT2D eigenvalue weighted by molar-refractivity contribution is 0.516. The van der Waals surface area contributed by atoms with Crippen LogP contribution in [0.25, 0.3) is 0 Å². The molecule has 1 aliphatic rings. The predicted octanol–water partition coefficient (Wildman–Crippen LogP) is 3.07. The predicted molar refractivity (Wildman–Crippen MR) is 77.7 cm³/mol. The first-order chi connectivity index (χ1) is 8.78. The molecule has 1 fully saturated rings. The highest BCUT2D eigenvalue weighted by molar-refractivity contribution is 7.99. The van der Waals surface area contributed by atoms with Crippen LogP contribution in [-0.2, 0) is 12.3 Å². The summed E-state index contributed by atoms with van der Waals surface area (Å²) in [4.78, 5) is 9.15. The van der Waals surface area contributed by atoms with Gasteiger partial charge < -0.3 is 5.32 Å². The Bertz CT molecular complexity index is 375. The van der Waals surface area contributed by atoms with Crippen LogP contribution in [0.1, 0.15) is 49.3 Å². The highest BCUT2D eigenvalue weighted by Gasteiger charge is 2.14. The van der Waals surface area contributed by atoms with Crippen molar-refractivity contribution in [3.8, 4) is 0 Å². The van der Waals surface area contributed by atoms with Crippen LogP contribution >= 0.6 is 11.8 Å². The van der Waals surface area contributed by atoms with Gasteiger partial charge in [-0.1, -0.05) is 19.3 Å². The van der Waals surface area contributed by atoms with Crippen molar-refractivity contribution in [2.45, 2.75) is 56.6 Å². The van der Waals surface area contributed by atoms with Gasteiger partial charge in [0.25, 0.3) is 0 Å². The van der Waals surface area contributed by atoms with Crippen molar-refractivity contribution in [2.75, 3.05) is 7.05 Å². The molecular formula is C14H23N3S. The van der Waals surface area contributed by atoms with E-state index in [1.807, 2.05) is 18.8 Å². The maximum Gasteiger partial charge on any atom is 0.138 e. The normalized spacial score (nSPS) is 17.0. The summed E-state index contributed by atoms with van der Waals surface area (Å²) in [6.07, 6.45) is 6.97. The summed E-state index contributed by atoms with van der Waals surface area (Å²) in [6.45, 7) is 2.88. The van der Waals surface area contributed by atoms with Crippen LogP contribution in [0.4, 0.5) is 0 Å². The standard InChI is InChI=1S/C14H23N3S/c1-11-8-12(9-15-2)17-14(16-11)10-18-13-6-4-3-5-7-13/h8,13,15H,3-7,9-10H2,1-2H3. The van der Waals surface area contributed by atoms with Crippen LogP contribution in [0.15, 0.2) is 6.07 Å². The van der Waals surface area contributed by atoms with Gasteiger partial charge in [-0.25, -0.2) is 9.97 Å². The molecule has 4 heteroatoms. The molecule has 1 heterocycles. The first-order valence-electron chi connectivity index (χ1n) is 6.87.